The maximum Gasteiger partial charge on any atom is 0.230 e. The number of amides is 1. The summed E-state index contributed by atoms with van der Waals surface area (Å²) < 4.78 is 2.27. The number of rotatable bonds is 2. The van der Waals surface area contributed by atoms with Crippen LogP contribution in [0.3, 0.4) is 0 Å². The SMILES string of the molecule is Cl.Cl.O=C(N1CCn2c(nnc2C2CC2)C1)[C@@]12CCCC[C@H]1CNC2. The van der Waals surface area contributed by atoms with Gasteiger partial charge in [-0.25, -0.2) is 0 Å². The van der Waals surface area contributed by atoms with Crippen molar-refractivity contribution in [1.29, 1.82) is 0 Å². The Kier molecular flexibility index (Phi) is 5.33. The summed E-state index contributed by atoms with van der Waals surface area (Å²) in [6, 6.07) is 0. The van der Waals surface area contributed by atoms with Gasteiger partial charge in [-0.05, 0) is 38.1 Å². The highest BCUT2D eigenvalue weighted by Crippen LogP contribution is 2.45. The van der Waals surface area contributed by atoms with Gasteiger partial charge in [-0.15, -0.1) is 35.0 Å². The predicted molar refractivity (Wildman–Crippen MR) is 99.2 cm³/mol. The molecule has 1 aromatic rings. The van der Waals surface area contributed by atoms with E-state index >= 15 is 0 Å². The molecule has 2 saturated carbocycles. The van der Waals surface area contributed by atoms with E-state index in [0.717, 1.165) is 44.2 Å². The Hall–Kier alpha value is -0.850. The lowest BCUT2D eigenvalue weighted by Crippen LogP contribution is -2.51. The van der Waals surface area contributed by atoms with E-state index in [2.05, 4.69) is 25.0 Å². The zero-order chi connectivity index (χ0) is 15.4. The molecule has 1 N–H and O–H groups in total. The fraction of sp³-hybridized carbons (Fsp3) is 0.824. The Bertz CT molecular complexity index is 647. The third-order valence-electron chi connectivity index (χ3n) is 6.48. The van der Waals surface area contributed by atoms with Gasteiger partial charge in [0.2, 0.25) is 5.91 Å². The number of nitrogens with one attached hydrogen (secondary N) is 1. The molecule has 8 heteroatoms. The molecule has 25 heavy (non-hydrogen) atoms. The largest absolute Gasteiger partial charge is 0.333 e. The molecule has 140 valence electrons. The number of carbonyl (C=O) groups excluding carboxylic acids is 1. The summed E-state index contributed by atoms with van der Waals surface area (Å²) in [4.78, 5) is 15.4. The first kappa shape index (κ1) is 18.9. The zero-order valence-electron chi connectivity index (χ0n) is 14.4. The van der Waals surface area contributed by atoms with E-state index in [4.69, 9.17) is 0 Å². The molecule has 6 nitrogen and oxygen atoms in total. The first-order valence-corrected chi connectivity index (χ1v) is 9.20. The Balaban J connectivity index is 0.000000911. The second-order valence-electron chi connectivity index (χ2n) is 7.86. The topological polar surface area (TPSA) is 63.1 Å². The van der Waals surface area contributed by atoms with Crippen LogP contribution in [-0.2, 0) is 17.9 Å². The molecule has 2 aliphatic carbocycles. The van der Waals surface area contributed by atoms with Gasteiger partial charge < -0.3 is 14.8 Å². The highest BCUT2D eigenvalue weighted by Gasteiger charge is 2.51. The van der Waals surface area contributed by atoms with Crippen LogP contribution in [0.4, 0.5) is 0 Å². The maximum absolute atomic E-state index is 13.3. The lowest BCUT2D eigenvalue weighted by molar-refractivity contribution is -0.147. The average molecular weight is 388 g/mol. The highest BCUT2D eigenvalue weighted by molar-refractivity contribution is 5.85. The Morgan fingerprint density at radius 2 is 1.96 bits per heavy atom. The van der Waals surface area contributed by atoms with Gasteiger partial charge in [0.1, 0.15) is 5.82 Å². The molecular formula is C17H27Cl2N5O. The van der Waals surface area contributed by atoms with Crippen LogP contribution in [0.15, 0.2) is 0 Å². The van der Waals surface area contributed by atoms with Gasteiger partial charge in [-0.1, -0.05) is 12.8 Å². The molecule has 1 aromatic heterocycles. The van der Waals surface area contributed by atoms with Gasteiger partial charge in [0, 0.05) is 25.6 Å². The Labute approximate surface area is 160 Å². The number of carbonyl (C=O) groups is 1. The molecule has 1 amide bonds. The zero-order valence-corrected chi connectivity index (χ0v) is 16.1. The molecule has 0 bridgehead atoms. The molecule has 0 unspecified atom stereocenters. The summed E-state index contributed by atoms with van der Waals surface area (Å²) >= 11 is 0. The van der Waals surface area contributed by atoms with Crippen molar-refractivity contribution >= 4 is 30.7 Å². The second kappa shape index (κ2) is 7.05. The van der Waals surface area contributed by atoms with Crippen molar-refractivity contribution in [3.05, 3.63) is 11.6 Å². The highest BCUT2D eigenvalue weighted by atomic mass is 35.5. The Morgan fingerprint density at radius 1 is 1.12 bits per heavy atom. The average Bonchev–Trinajstić information content (AvgIpc) is 3.19. The quantitative estimate of drug-likeness (QED) is 0.843. The monoisotopic (exact) mass is 387 g/mol. The standard InChI is InChI=1S/C17H25N5O.2ClH/c23-16(17-6-2-1-3-13(17)9-18-11-17)21-7-8-22-14(10-21)19-20-15(22)12-4-5-12;;/h12-13,18H,1-11H2;2*1H/t13-,17+;;/m0../s1. The fourth-order valence-corrected chi connectivity index (χ4v) is 4.98. The molecule has 0 aromatic carbocycles. The molecule has 2 aliphatic heterocycles. The first-order chi connectivity index (χ1) is 11.3. The normalized spacial score (nSPS) is 30.7. The van der Waals surface area contributed by atoms with E-state index in [0.29, 0.717) is 24.3 Å². The summed E-state index contributed by atoms with van der Waals surface area (Å²) in [5.41, 5.74) is -0.139. The summed E-state index contributed by atoms with van der Waals surface area (Å²) in [5, 5.41) is 12.3. The van der Waals surface area contributed by atoms with E-state index in [9.17, 15) is 4.79 Å². The van der Waals surface area contributed by atoms with Crippen LogP contribution in [-0.4, -0.2) is 45.2 Å². The van der Waals surface area contributed by atoms with Crippen LogP contribution in [0.25, 0.3) is 0 Å². The fourth-order valence-electron chi connectivity index (χ4n) is 4.98. The van der Waals surface area contributed by atoms with Crippen LogP contribution >= 0.6 is 24.8 Å². The minimum atomic E-state index is -0.139. The molecule has 5 rings (SSSR count). The van der Waals surface area contributed by atoms with Crippen molar-refractivity contribution in [3.8, 4) is 0 Å². The van der Waals surface area contributed by atoms with Crippen LogP contribution in [0.2, 0.25) is 0 Å². The minimum Gasteiger partial charge on any atom is -0.333 e. The number of halogens is 2. The van der Waals surface area contributed by atoms with Crippen molar-refractivity contribution in [2.45, 2.75) is 57.5 Å². The third kappa shape index (κ3) is 2.96. The third-order valence-corrected chi connectivity index (χ3v) is 6.48. The molecule has 4 aliphatic rings. The van der Waals surface area contributed by atoms with Crippen LogP contribution < -0.4 is 5.32 Å². The minimum absolute atomic E-state index is 0. The van der Waals surface area contributed by atoms with E-state index in [1.807, 2.05) is 0 Å². The van der Waals surface area contributed by atoms with Gasteiger partial charge in [-0.3, -0.25) is 4.79 Å². The summed E-state index contributed by atoms with van der Waals surface area (Å²) in [6.45, 7) is 4.22. The van der Waals surface area contributed by atoms with Crippen LogP contribution in [0, 0.1) is 11.3 Å². The molecule has 3 fully saturated rings. The Morgan fingerprint density at radius 3 is 2.76 bits per heavy atom. The molecule has 3 heterocycles. The number of nitrogens with zero attached hydrogens (tertiary/aromatic N) is 4. The smallest absolute Gasteiger partial charge is 0.230 e. The maximum atomic E-state index is 13.3. The summed E-state index contributed by atoms with van der Waals surface area (Å²) in [6.07, 6.45) is 7.23. The summed E-state index contributed by atoms with van der Waals surface area (Å²) in [5.74, 6) is 3.67. The molecule has 2 atom stereocenters. The lowest BCUT2D eigenvalue weighted by atomic mass is 9.67. The van der Waals surface area contributed by atoms with E-state index in [-0.39, 0.29) is 30.2 Å². The first-order valence-electron chi connectivity index (χ1n) is 9.20. The number of fused-ring (bicyclic) bond motifs is 2. The van der Waals surface area contributed by atoms with Crippen molar-refractivity contribution in [2.24, 2.45) is 11.3 Å². The lowest BCUT2D eigenvalue weighted by Gasteiger charge is -2.41. The molecule has 0 spiro atoms. The predicted octanol–water partition coefficient (Wildman–Crippen LogP) is 2.12. The van der Waals surface area contributed by atoms with Crippen LogP contribution in [0.5, 0.6) is 0 Å². The van der Waals surface area contributed by atoms with Gasteiger partial charge >= 0.3 is 0 Å². The van der Waals surface area contributed by atoms with Gasteiger partial charge in [-0.2, -0.15) is 0 Å². The number of hydrogen-bond donors (Lipinski definition) is 1. The van der Waals surface area contributed by atoms with Crippen molar-refractivity contribution in [2.75, 3.05) is 19.6 Å². The molecule has 0 radical (unpaired) electrons. The van der Waals surface area contributed by atoms with Gasteiger partial charge in [0.05, 0.1) is 12.0 Å². The van der Waals surface area contributed by atoms with Crippen LogP contribution in [0.1, 0.15) is 56.1 Å². The molecule has 1 saturated heterocycles. The number of aromatic nitrogens is 3. The van der Waals surface area contributed by atoms with E-state index < -0.39 is 0 Å². The van der Waals surface area contributed by atoms with Crippen molar-refractivity contribution < 1.29 is 4.79 Å². The molecular weight excluding hydrogens is 361 g/mol. The van der Waals surface area contributed by atoms with Crippen molar-refractivity contribution in [1.82, 2.24) is 25.0 Å². The second-order valence-corrected chi connectivity index (χ2v) is 7.86. The van der Waals surface area contributed by atoms with Gasteiger partial charge in [0.25, 0.3) is 0 Å². The van der Waals surface area contributed by atoms with Crippen molar-refractivity contribution in [3.63, 3.8) is 0 Å². The van der Waals surface area contributed by atoms with E-state index in [1.54, 1.807) is 0 Å². The number of hydrogen-bond acceptors (Lipinski definition) is 4. The van der Waals surface area contributed by atoms with E-state index in [1.165, 1.54) is 32.1 Å². The van der Waals surface area contributed by atoms with Gasteiger partial charge in [0.15, 0.2) is 5.82 Å². The summed E-state index contributed by atoms with van der Waals surface area (Å²) in [7, 11) is 0.